The van der Waals surface area contributed by atoms with Gasteiger partial charge in [-0.1, -0.05) is 18.2 Å². The molecule has 0 bridgehead atoms. The summed E-state index contributed by atoms with van der Waals surface area (Å²) in [5.74, 6) is -0.491. The van der Waals surface area contributed by atoms with Gasteiger partial charge in [0.25, 0.3) is 0 Å². The number of fused-ring (bicyclic) bond motifs is 1. The predicted octanol–water partition coefficient (Wildman–Crippen LogP) is 4.38. The van der Waals surface area contributed by atoms with E-state index in [0.717, 1.165) is 16.9 Å². The van der Waals surface area contributed by atoms with Crippen LogP contribution in [0.4, 0.5) is 21.5 Å². The van der Waals surface area contributed by atoms with Crippen molar-refractivity contribution in [3.63, 3.8) is 0 Å². The molecule has 0 spiro atoms. The second-order valence-corrected chi connectivity index (χ2v) is 5.87. The van der Waals surface area contributed by atoms with E-state index in [9.17, 15) is 9.18 Å². The first-order valence-corrected chi connectivity index (χ1v) is 7.47. The van der Waals surface area contributed by atoms with E-state index < -0.39 is 0 Å². The lowest BCUT2D eigenvalue weighted by Crippen LogP contribution is -2.19. The highest BCUT2D eigenvalue weighted by atomic mass is 79.9. The molecular weight excluding hydrogens is 335 g/mol. The maximum atomic E-state index is 13.8. The zero-order valence-electron chi connectivity index (χ0n) is 11.5. The van der Waals surface area contributed by atoms with Crippen LogP contribution in [0.2, 0.25) is 0 Å². The third-order valence-electron chi connectivity index (χ3n) is 3.57. The summed E-state index contributed by atoms with van der Waals surface area (Å²) in [6.07, 6.45) is 0.363. The minimum absolute atomic E-state index is 0.103. The molecule has 0 radical (unpaired) electrons. The van der Waals surface area contributed by atoms with E-state index in [2.05, 4.69) is 21.2 Å². The Morgan fingerprint density at radius 1 is 1.24 bits per heavy atom. The minimum Gasteiger partial charge on any atom is -0.339 e. The van der Waals surface area contributed by atoms with Crippen molar-refractivity contribution in [2.45, 2.75) is 13.3 Å². The largest absolute Gasteiger partial charge is 0.339 e. The number of carbonyl (C=O) groups excluding carboxylic acids is 1. The van der Waals surface area contributed by atoms with Crippen molar-refractivity contribution in [2.75, 3.05) is 16.8 Å². The van der Waals surface area contributed by atoms with Crippen molar-refractivity contribution in [1.29, 1.82) is 0 Å². The molecule has 21 heavy (non-hydrogen) atoms. The van der Waals surface area contributed by atoms with Crippen molar-refractivity contribution in [1.82, 2.24) is 0 Å². The van der Waals surface area contributed by atoms with Gasteiger partial charge in [0, 0.05) is 24.7 Å². The lowest BCUT2D eigenvalue weighted by atomic mass is 10.1. The Hall–Kier alpha value is -1.88. The number of hydrogen-bond donors (Lipinski definition) is 1. The number of hydrogen-bond acceptors (Lipinski definition) is 2. The van der Waals surface area contributed by atoms with Gasteiger partial charge < -0.3 is 10.2 Å². The highest BCUT2D eigenvalue weighted by Crippen LogP contribution is 2.38. The number of aryl methyl sites for hydroxylation is 1. The second kappa shape index (κ2) is 5.48. The molecule has 0 atom stereocenters. The molecule has 108 valence electrons. The second-order valence-electron chi connectivity index (χ2n) is 5.02. The van der Waals surface area contributed by atoms with Crippen LogP contribution in [0, 0.1) is 12.7 Å². The van der Waals surface area contributed by atoms with E-state index >= 15 is 0 Å². The molecular formula is C16H14BrFN2O. The minimum atomic E-state index is -0.388. The normalized spacial score (nSPS) is 14.4. The van der Waals surface area contributed by atoms with Crippen LogP contribution < -0.4 is 10.2 Å². The first kappa shape index (κ1) is 14.1. The summed E-state index contributed by atoms with van der Waals surface area (Å²) in [4.78, 5) is 13.9. The van der Waals surface area contributed by atoms with Crippen molar-refractivity contribution in [3.8, 4) is 0 Å². The zero-order chi connectivity index (χ0) is 15.0. The first-order chi connectivity index (χ1) is 10.1. The summed E-state index contributed by atoms with van der Waals surface area (Å²) in [5.41, 5.74) is 3.43. The van der Waals surface area contributed by atoms with Gasteiger partial charge in [-0.15, -0.1) is 0 Å². The number of halogens is 2. The van der Waals surface area contributed by atoms with Crippen molar-refractivity contribution in [2.24, 2.45) is 0 Å². The molecule has 3 rings (SSSR count). The molecule has 5 heteroatoms. The standard InChI is InChI=1S/C16H14BrFN2O/c1-10-4-2-3-5-14(10)20-7-6-16(21)19-13-9-12(18)11(17)8-15(13)20/h2-5,8-9H,6-7H2,1H3,(H,19,21). The van der Waals surface area contributed by atoms with Crippen LogP contribution in [-0.4, -0.2) is 12.5 Å². The SMILES string of the molecule is Cc1ccccc1N1CCC(=O)Nc2cc(F)c(Br)cc21. The van der Waals surface area contributed by atoms with Gasteiger partial charge >= 0.3 is 0 Å². The monoisotopic (exact) mass is 348 g/mol. The Morgan fingerprint density at radius 3 is 2.76 bits per heavy atom. The predicted molar refractivity (Wildman–Crippen MR) is 85.5 cm³/mol. The Kier molecular flexibility index (Phi) is 3.68. The Morgan fingerprint density at radius 2 is 2.00 bits per heavy atom. The van der Waals surface area contributed by atoms with E-state index in [1.165, 1.54) is 6.07 Å². The third-order valence-corrected chi connectivity index (χ3v) is 4.18. The van der Waals surface area contributed by atoms with E-state index in [0.29, 0.717) is 23.1 Å². The van der Waals surface area contributed by atoms with Crippen LogP contribution in [0.3, 0.4) is 0 Å². The maximum Gasteiger partial charge on any atom is 0.226 e. The van der Waals surface area contributed by atoms with Crippen molar-refractivity contribution >= 4 is 38.9 Å². The van der Waals surface area contributed by atoms with Gasteiger partial charge in [0.05, 0.1) is 15.8 Å². The molecule has 0 fully saturated rings. The fraction of sp³-hybridized carbons (Fsp3) is 0.188. The highest BCUT2D eigenvalue weighted by molar-refractivity contribution is 9.10. The molecule has 0 unspecified atom stereocenters. The van der Waals surface area contributed by atoms with Crippen LogP contribution in [0.5, 0.6) is 0 Å². The van der Waals surface area contributed by atoms with E-state index in [1.807, 2.05) is 36.1 Å². The number of amides is 1. The average molecular weight is 349 g/mol. The summed E-state index contributed by atoms with van der Waals surface area (Å²) >= 11 is 3.22. The van der Waals surface area contributed by atoms with Gasteiger partial charge in [0.2, 0.25) is 5.91 Å². The number of carbonyl (C=O) groups is 1. The fourth-order valence-electron chi connectivity index (χ4n) is 2.52. The molecule has 0 saturated heterocycles. The topological polar surface area (TPSA) is 32.3 Å². The lowest BCUT2D eigenvalue weighted by molar-refractivity contribution is -0.115. The van der Waals surface area contributed by atoms with Crippen LogP contribution >= 0.6 is 15.9 Å². The lowest BCUT2D eigenvalue weighted by Gasteiger charge is -2.26. The number of para-hydroxylation sites is 1. The smallest absolute Gasteiger partial charge is 0.226 e. The van der Waals surface area contributed by atoms with Crippen molar-refractivity contribution < 1.29 is 9.18 Å². The van der Waals surface area contributed by atoms with E-state index in [-0.39, 0.29) is 11.7 Å². The average Bonchev–Trinajstić information content (AvgIpc) is 2.59. The third kappa shape index (κ3) is 2.65. The fourth-order valence-corrected chi connectivity index (χ4v) is 2.85. The highest BCUT2D eigenvalue weighted by Gasteiger charge is 2.22. The maximum absolute atomic E-state index is 13.8. The number of rotatable bonds is 1. The quantitative estimate of drug-likeness (QED) is 0.829. The van der Waals surface area contributed by atoms with Gasteiger partial charge in [-0.3, -0.25) is 4.79 Å². The molecule has 1 N–H and O–H groups in total. The molecule has 2 aromatic carbocycles. The summed E-state index contributed by atoms with van der Waals surface area (Å²) in [7, 11) is 0. The molecule has 0 saturated carbocycles. The van der Waals surface area contributed by atoms with Gasteiger partial charge in [-0.05, 0) is 40.5 Å². The molecule has 1 heterocycles. The van der Waals surface area contributed by atoms with Gasteiger partial charge in [0.15, 0.2) is 0 Å². The molecule has 1 aliphatic heterocycles. The molecule has 0 aliphatic carbocycles. The van der Waals surface area contributed by atoms with Crippen LogP contribution in [0.15, 0.2) is 40.9 Å². The number of anilines is 3. The van der Waals surface area contributed by atoms with E-state index in [4.69, 9.17) is 0 Å². The number of benzene rings is 2. The van der Waals surface area contributed by atoms with Gasteiger partial charge in [0.1, 0.15) is 5.82 Å². The number of nitrogens with one attached hydrogen (secondary N) is 1. The molecule has 2 aromatic rings. The Balaban J connectivity index is 2.17. The summed E-state index contributed by atoms with van der Waals surface area (Å²) in [6.45, 7) is 2.58. The molecule has 0 aromatic heterocycles. The summed E-state index contributed by atoms with van der Waals surface area (Å²) in [6, 6.07) is 11.0. The molecule has 1 amide bonds. The van der Waals surface area contributed by atoms with Crippen LogP contribution in [-0.2, 0) is 4.79 Å². The summed E-state index contributed by atoms with van der Waals surface area (Å²) < 4.78 is 14.1. The number of nitrogens with zero attached hydrogens (tertiary/aromatic N) is 1. The molecule has 1 aliphatic rings. The van der Waals surface area contributed by atoms with Gasteiger partial charge in [-0.2, -0.15) is 0 Å². The molecule has 3 nitrogen and oxygen atoms in total. The van der Waals surface area contributed by atoms with Gasteiger partial charge in [-0.25, -0.2) is 4.39 Å². The Bertz CT molecular complexity index is 717. The van der Waals surface area contributed by atoms with Crippen LogP contribution in [0.25, 0.3) is 0 Å². The first-order valence-electron chi connectivity index (χ1n) is 6.68. The van der Waals surface area contributed by atoms with Crippen molar-refractivity contribution in [3.05, 3.63) is 52.3 Å². The van der Waals surface area contributed by atoms with E-state index in [1.54, 1.807) is 6.07 Å². The zero-order valence-corrected chi connectivity index (χ0v) is 13.1. The van der Waals surface area contributed by atoms with Crippen LogP contribution in [0.1, 0.15) is 12.0 Å². The summed E-state index contributed by atoms with van der Waals surface area (Å²) in [5, 5.41) is 2.77. The Labute approximate surface area is 130 Å².